The van der Waals surface area contributed by atoms with E-state index in [1.807, 2.05) is 49.8 Å². The molecule has 0 unspecified atom stereocenters. The number of nitrogens with one attached hydrogen (secondary N) is 2. The monoisotopic (exact) mass is 294 g/mol. The molecule has 0 aliphatic rings. The van der Waals surface area contributed by atoms with Crippen LogP contribution >= 0.6 is 12.4 Å². The van der Waals surface area contributed by atoms with Gasteiger partial charge in [0.05, 0.1) is 12.7 Å². The number of hydrogen-bond donors (Lipinski definition) is 2. The molecule has 0 radical (unpaired) electrons. The SMILES string of the molecule is Cl.Cn1cc(CCNC(=O)CNc2ccccc2)cn1. The number of hydrogen-bond acceptors (Lipinski definition) is 3. The molecule has 6 heteroatoms. The second kappa shape index (κ2) is 8.22. The van der Waals surface area contributed by atoms with Crippen LogP contribution in [-0.2, 0) is 18.3 Å². The summed E-state index contributed by atoms with van der Waals surface area (Å²) in [6, 6.07) is 9.68. The van der Waals surface area contributed by atoms with Gasteiger partial charge in [-0.25, -0.2) is 0 Å². The van der Waals surface area contributed by atoms with Crippen molar-refractivity contribution in [3.63, 3.8) is 0 Å². The molecule has 1 aromatic heterocycles. The minimum atomic E-state index is -0.00672. The fourth-order valence-corrected chi connectivity index (χ4v) is 1.75. The zero-order valence-electron chi connectivity index (χ0n) is 11.4. The van der Waals surface area contributed by atoms with Crippen molar-refractivity contribution in [3.05, 3.63) is 48.3 Å². The summed E-state index contributed by atoms with van der Waals surface area (Å²) >= 11 is 0. The zero-order chi connectivity index (χ0) is 13.5. The van der Waals surface area contributed by atoms with Crippen molar-refractivity contribution in [2.24, 2.45) is 7.05 Å². The Morgan fingerprint density at radius 3 is 2.70 bits per heavy atom. The Hall–Kier alpha value is -2.01. The number of amides is 1. The summed E-state index contributed by atoms with van der Waals surface area (Å²) in [7, 11) is 1.88. The summed E-state index contributed by atoms with van der Waals surface area (Å²) in [5, 5.41) is 10.0. The molecule has 0 saturated carbocycles. The van der Waals surface area contributed by atoms with Gasteiger partial charge in [-0.3, -0.25) is 9.48 Å². The number of halogens is 1. The topological polar surface area (TPSA) is 59.0 Å². The standard InChI is InChI=1S/C14H18N4O.ClH/c1-18-11-12(9-17-18)7-8-15-14(19)10-16-13-5-3-2-4-6-13;/h2-6,9,11,16H,7-8,10H2,1H3,(H,15,19);1H. The maximum atomic E-state index is 11.6. The number of aryl methyl sites for hydroxylation is 1. The van der Waals surface area contributed by atoms with E-state index in [2.05, 4.69) is 15.7 Å². The molecule has 0 spiro atoms. The van der Waals surface area contributed by atoms with Crippen LogP contribution in [-0.4, -0.2) is 28.8 Å². The van der Waals surface area contributed by atoms with Gasteiger partial charge in [-0.05, 0) is 24.1 Å². The van der Waals surface area contributed by atoms with Gasteiger partial charge < -0.3 is 10.6 Å². The maximum absolute atomic E-state index is 11.6. The van der Waals surface area contributed by atoms with Crippen LogP contribution in [0.25, 0.3) is 0 Å². The first-order chi connectivity index (χ1) is 9.24. The number of carbonyl (C=O) groups excluding carboxylic acids is 1. The van der Waals surface area contributed by atoms with Crippen LogP contribution in [0.5, 0.6) is 0 Å². The van der Waals surface area contributed by atoms with Gasteiger partial charge in [0.15, 0.2) is 0 Å². The summed E-state index contributed by atoms with van der Waals surface area (Å²) < 4.78 is 1.76. The van der Waals surface area contributed by atoms with Crippen molar-refractivity contribution in [3.8, 4) is 0 Å². The molecule has 0 bridgehead atoms. The van der Waals surface area contributed by atoms with Gasteiger partial charge in [-0.2, -0.15) is 5.10 Å². The number of para-hydroxylation sites is 1. The number of anilines is 1. The lowest BCUT2D eigenvalue weighted by atomic mass is 10.2. The molecule has 20 heavy (non-hydrogen) atoms. The Morgan fingerprint density at radius 1 is 1.30 bits per heavy atom. The van der Waals surface area contributed by atoms with Crippen molar-refractivity contribution in [2.45, 2.75) is 6.42 Å². The number of rotatable bonds is 6. The third-order valence-corrected chi connectivity index (χ3v) is 2.72. The number of nitrogens with zero attached hydrogens (tertiary/aromatic N) is 2. The second-order valence-corrected chi connectivity index (χ2v) is 4.34. The molecule has 0 aliphatic heterocycles. The summed E-state index contributed by atoms with van der Waals surface area (Å²) in [6.45, 7) is 0.915. The highest BCUT2D eigenvalue weighted by Gasteiger charge is 2.01. The lowest BCUT2D eigenvalue weighted by molar-refractivity contribution is -0.119. The Bertz CT molecular complexity index is 527. The summed E-state index contributed by atoms with van der Waals surface area (Å²) in [5.74, 6) is -0.00672. The van der Waals surface area contributed by atoms with Gasteiger partial charge in [0.2, 0.25) is 5.91 Å². The predicted octanol–water partition coefficient (Wildman–Crippen LogP) is 1.61. The molecule has 108 valence electrons. The summed E-state index contributed by atoms with van der Waals surface area (Å²) in [5.41, 5.74) is 2.07. The van der Waals surface area contributed by atoms with Crippen molar-refractivity contribution in [1.82, 2.24) is 15.1 Å². The molecule has 2 N–H and O–H groups in total. The fraction of sp³-hybridized carbons (Fsp3) is 0.286. The Labute approximate surface area is 124 Å². The molecule has 0 aliphatic carbocycles. The van der Waals surface area contributed by atoms with E-state index in [9.17, 15) is 4.79 Å². The highest BCUT2D eigenvalue weighted by molar-refractivity contribution is 5.85. The minimum Gasteiger partial charge on any atom is -0.376 e. The van der Waals surface area contributed by atoms with Gasteiger partial charge in [0, 0.05) is 25.5 Å². The molecule has 1 heterocycles. The van der Waals surface area contributed by atoms with Crippen molar-refractivity contribution in [1.29, 1.82) is 0 Å². The van der Waals surface area contributed by atoms with Gasteiger partial charge in [-0.15, -0.1) is 12.4 Å². The molecule has 2 aromatic rings. The zero-order valence-corrected chi connectivity index (χ0v) is 12.2. The van der Waals surface area contributed by atoms with Crippen LogP contribution in [0.15, 0.2) is 42.7 Å². The fourth-order valence-electron chi connectivity index (χ4n) is 1.75. The molecular weight excluding hydrogens is 276 g/mol. The van der Waals surface area contributed by atoms with E-state index in [0.717, 1.165) is 17.7 Å². The highest BCUT2D eigenvalue weighted by atomic mass is 35.5. The lowest BCUT2D eigenvalue weighted by Gasteiger charge is -2.07. The van der Waals surface area contributed by atoms with Gasteiger partial charge >= 0.3 is 0 Å². The van der Waals surface area contributed by atoms with Gasteiger partial charge in [0.1, 0.15) is 0 Å². The van der Waals surface area contributed by atoms with Crippen LogP contribution in [0.2, 0.25) is 0 Å². The number of aromatic nitrogens is 2. The summed E-state index contributed by atoms with van der Waals surface area (Å²) in [6.07, 6.45) is 4.56. The molecule has 1 aromatic carbocycles. The predicted molar refractivity (Wildman–Crippen MR) is 82.1 cm³/mol. The van der Waals surface area contributed by atoms with Crippen LogP contribution in [0.3, 0.4) is 0 Å². The van der Waals surface area contributed by atoms with Crippen LogP contribution < -0.4 is 10.6 Å². The molecule has 2 rings (SSSR count). The van der Waals surface area contributed by atoms with Crippen LogP contribution in [0, 0.1) is 0 Å². The molecule has 0 atom stereocenters. The van der Waals surface area contributed by atoms with Gasteiger partial charge in [0.25, 0.3) is 0 Å². The smallest absolute Gasteiger partial charge is 0.239 e. The van der Waals surface area contributed by atoms with E-state index in [-0.39, 0.29) is 24.9 Å². The van der Waals surface area contributed by atoms with E-state index < -0.39 is 0 Å². The quantitative estimate of drug-likeness (QED) is 0.851. The number of benzene rings is 1. The van der Waals surface area contributed by atoms with Crippen molar-refractivity contribution < 1.29 is 4.79 Å². The highest BCUT2D eigenvalue weighted by Crippen LogP contribution is 2.03. The second-order valence-electron chi connectivity index (χ2n) is 4.34. The van der Waals surface area contributed by atoms with E-state index >= 15 is 0 Å². The average Bonchev–Trinajstić information content (AvgIpc) is 2.83. The summed E-state index contributed by atoms with van der Waals surface area (Å²) in [4.78, 5) is 11.6. The minimum absolute atomic E-state index is 0. The maximum Gasteiger partial charge on any atom is 0.239 e. The normalized spacial score (nSPS) is 9.65. The van der Waals surface area contributed by atoms with Gasteiger partial charge in [-0.1, -0.05) is 18.2 Å². The first-order valence-electron chi connectivity index (χ1n) is 6.27. The molecule has 5 nitrogen and oxygen atoms in total. The van der Waals surface area contributed by atoms with Crippen molar-refractivity contribution >= 4 is 24.0 Å². The lowest BCUT2D eigenvalue weighted by Crippen LogP contribution is -2.31. The third-order valence-electron chi connectivity index (χ3n) is 2.72. The van der Waals surface area contributed by atoms with E-state index in [0.29, 0.717) is 6.54 Å². The third kappa shape index (κ3) is 5.32. The molecule has 0 saturated heterocycles. The van der Waals surface area contributed by atoms with E-state index in [4.69, 9.17) is 0 Å². The molecule has 0 fully saturated rings. The first-order valence-corrected chi connectivity index (χ1v) is 6.27. The first kappa shape index (κ1) is 16.0. The Kier molecular flexibility index (Phi) is 6.59. The number of carbonyl (C=O) groups is 1. The molecular formula is C14H19ClN4O. The Morgan fingerprint density at radius 2 is 2.05 bits per heavy atom. The van der Waals surface area contributed by atoms with Crippen molar-refractivity contribution in [2.75, 3.05) is 18.4 Å². The van der Waals surface area contributed by atoms with E-state index in [1.54, 1.807) is 4.68 Å². The molecule has 1 amide bonds. The largest absolute Gasteiger partial charge is 0.376 e. The average molecular weight is 295 g/mol. The Balaban J connectivity index is 0.00000200. The van der Waals surface area contributed by atoms with E-state index in [1.165, 1.54) is 0 Å². The van der Waals surface area contributed by atoms with Crippen LogP contribution in [0.1, 0.15) is 5.56 Å². The van der Waals surface area contributed by atoms with Crippen LogP contribution in [0.4, 0.5) is 5.69 Å².